The number of carbonyl (C=O) groups is 2. The smallest absolute Gasteiger partial charge is 0.273 e. The average Bonchev–Trinajstić information content (AvgIpc) is 2.86. The Balaban J connectivity index is 2.30. The molecule has 1 heterocycles. The van der Waals surface area contributed by atoms with E-state index < -0.39 is 11.0 Å². The summed E-state index contributed by atoms with van der Waals surface area (Å²) in [6.07, 6.45) is 0.213. The van der Waals surface area contributed by atoms with E-state index in [1.165, 1.54) is 30.3 Å². The van der Waals surface area contributed by atoms with E-state index in [-0.39, 0.29) is 35.9 Å². The van der Waals surface area contributed by atoms with Gasteiger partial charge in [0.05, 0.1) is 16.2 Å². The number of nitrogens with one attached hydrogen (secondary N) is 3. The fourth-order valence-electron chi connectivity index (χ4n) is 1.89. The van der Waals surface area contributed by atoms with E-state index in [9.17, 15) is 19.7 Å². The van der Waals surface area contributed by atoms with Gasteiger partial charge in [0, 0.05) is 19.5 Å². The molecule has 3 amide bonds. The molecule has 1 aromatic rings. The Morgan fingerprint density at radius 2 is 2.17 bits per heavy atom. The highest BCUT2D eigenvalue weighted by Gasteiger charge is 2.31. The average molecular weight is 324 g/mol. The summed E-state index contributed by atoms with van der Waals surface area (Å²) in [5, 5.41) is 13.5. The first-order chi connectivity index (χ1) is 11.0. The molecule has 2 rings (SSSR count). The monoisotopic (exact) mass is 324 g/mol. The van der Waals surface area contributed by atoms with Gasteiger partial charge >= 0.3 is 6.03 Å². The van der Waals surface area contributed by atoms with Crippen molar-refractivity contribution in [1.29, 1.82) is 0 Å². The van der Waals surface area contributed by atoms with E-state index in [4.69, 9.17) is 4.84 Å². The Morgan fingerprint density at radius 1 is 1.43 bits per heavy atom. The molecule has 0 radical (unpaired) electrons. The first kappa shape index (κ1) is 16.6. The van der Waals surface area contributed by atoms with Crippen molar-refractivity contribution in [1.82, 2.24) is 21.6 Å². The standard InChI is InChI=1S/C12H16N6O5/c1-3-11(19)13-23-7-8-9(5-4-6-10(8)18(21)22)17-12(20)16(2)14-15-17/h4-6,14-15H,3,7H2,1-2H3,(H,13,19). The van der Waals surface area contributed by atoms with Crippen LogP contribution in [0.25, 0.3) is 0 Å². The molecule has 1 aliphatic heterocycles. The van der Waals surface area contributed by atoms with Gasteiger partial charge in [0.25, 0.3) is 5.69 Å². The van der Waals surface area contributed by atoms with Gasteiger partial charge in [-0.25, -0.2) is 20.3 Å². The number of nitro groups is 1. The van der Waals surface area contributed by atoms with E-state index in [1.54, 1.807) is 6.92 Å². The number of benzene rings is 1. The second-order valence-corrected chi connectivity index (χ2v) is 4.60. The Hall–Kier alpha value is -2.76. The summed E-state index contributed by atoms with van der Waals surface area (Å²) in [6, 6.07) is 3.82. The maximum atomic E-state index is 12.0. The number of urea groups is 1. The van der Waals surface area contributed by atoms with E-state index >= 15 is 0 Å². The topological polar surface area (TPSA) is 129 Å². The van der Waals surface area contributed by atoms with Crippen LogP contribution in [-0.4, -0.2) is 28.9 Å². The summed E-state index contributed by atoms with van der Waals surface area (Å²) in [6.45, 7) is 1.37. The number of hydroxylamine groups is 1. The minimum Gasteiger partial charge on any atom is -0.273 e. The maximum Gasteiger partial charge on any atom is 0.355 e. The Morgan fingerprint density at radius 3 is 2.74 bits per heavy atom. The first-order valence-corrected chi connectivity index (χ1v) is 6.71. The number of rotatable bonds is 6. The van der Waals surface area contributed by atoms with Crippen LogP contribution in [0.4, 0.5) is 16.2 Å². The van der Waals surface area contributed by atoms with E-state index in [1.807, 2.05) is 0 Å². The number of nitrogens with zero attached hydrogens (tertiary/aromatic N) is 3. The van der Waals surface area contributed by atoms with Crippen LogP contribution < -0.4 is 21.6 Å². The highest BCUT2D eigenvalue weighted by atomic mass is 16.7. The Bertz CT molecular complexity index is 636. The molecule has 1 aliphatic rings. The lowest BCUT2D eigenvalue weighted by Gasteiger charge is -2.17. The van der Waals surface area contributed by atoms with Gasteiger partial charge in [0.1, 0.15) is 6.61 Å². The predicted octanol–water partition coefficient (Wildman–Crippen LogP) is 0.349. The zero-order valence-electron chi connectivity index (χ0n) is 12.5. The minimum atomic E-state index is -0.582. The van der Waals surface area contributed by atoms with Gasteiger partial charge in [0.15, 0.2) is 0 Å². The number of carbonyl (C=O) groups excluding carboxylic acids is 2. The summed E-state index contributed by atoms with van der Waals surface area (Å²) in [4.78, 5) is 38.8. The van der Waals surface area contributed by atoms with Crippen molar-refractivity contribution in [2.24, 2.45) is 0 Å². The quantitative estimate of drug-likeness (QED) is 0.508. The van der Waals surface area contributed by atoms with Gasteiger partial charge in [-0.05, 0) is 6.07 Å². The second-order valence-electron chi connectivity index (χ2n) is 4.60. The molecule has 1 saturated heterocycles. The lowest BCUT2D eigenvalue weighted by Crippen LogP contribution is -2.38. The van der Waals surface area contributed by atoms with Crippen LogP contribution in [0.1, 0.15) is 18.9 Å². The molecule has 1 aromatic carbocycles. The summed E-state index contributed by atoms with van der Waals surface area (Å²) in [7, 11) is 1.49. The molecule has 0 atom stereocenters. The predicted molar refractivity (Wildman–Crippen MR) is 78.2 cm³/mol. The molecule has 1 fully saturated rings. The molecular weight excluding hydrogens is 308 g/mol. The zero-order valence-corrected chi connectivity index (χ0v) is 12.5. The third-order valence-electron chi connectivity index (χ3n) is 3.10. The van der Waals surface area contributed by atoms with E-state index in [0.717, 1.165) is 5.01 Å². The fourth-order valence-corrected chi connectivity index (χ4v) is 1.89. The van der Waals surface area contributed by atoms with Crippen molar-refractivity contribution >= 4 is 23.3 Å². The molecule has 0 aromatic heterocycles. The third-order valence-corrected chi connectivity index (χ3v) is 3.10. The normalized spacial score (nSPS) is 14.3. The van der Waals surface area contributed by atoms with Crippen LogP contribution in [0.3, 0.4) is 0 Å². The molecule has 0 spiro atoms. The van der Waals surface area contributed by atoms with Gasteiger partial charge in [0.2, 0.25) is 5.91 Å². The summed E-state index contributed by atoms with van der Waals surface area (Å²) < 4.78 is 0. The van der Waals surface area contributed by atoms with Gasteiger partial charge in [-0.3, -0.25) is 19.7 Å². The fraction of sp³-hybridized carbons (Fsp3) is 0.333. The highest BCUT2D eigenvalue weighted by Crippen LogP contribution is 2.30. The van der Waals surface area contributed by atoms with Crippen molar-refractivity contribution in [2.45, 2.75) is 20.0 Å². The zero-order chi connectivity index (χ0) is 17.0. The van der Waals surface area contributed by atoms with Crippen LogP contribution in [-0.2, 0) is 16.2 Å². The first-order valence-electron chi connectivity index (χ1n) is 6.71. The maximum absolute atomic E-state index is 12.0. The lowest BCUT2D eigenvalue weighted by molar-refractivity contribution is -0.385. The number of hydrogen-bond acceptors (Lipinski definition) is 7. The number of hydrazine groups is 3. The molecule has 0 aliphatic carbocycles. The molecule has 0 saturated carbocycles. The van der Waals surface area contributed by atoms with Crippen LogP contribution in [0.5, 0.6) is 0 Å². The van der Waals surface area contributed by atoms with Crippen molar-refractivity contribution in [3.63, 3.8) is 0 Å². The Labute approximate surface area is 131 Å². The number of anilines is 1. The largest absolute Gasteiger partial charge is 0.355 e. The molecule has 0 bridgehead atoms. The molecule has 3 N–H and O–H groups in total. The molecule has 124 valence electrons. The molecule has 23 heavy (non-hydrogen) atoms. The number of amides is 3. The van der Waals surface area contributed by atoms with Crippen LogP contribution in [0.15, 0.2) is 18.2 Å². The van der Waals surface area contributed by atoms with Crippen LogP contribution >= 0.6 is 0 Å². The van der Waals surface area contributed by atoms with Gasteiger partial charge in [-0.1, -0.05) is 13.0 Å². The summed E-state index contributed by atoms with van der Waals surface area (Å²) in [5.41, 5.74) is 7.48. The van der Waals surface area contributed by atoms with Crippen molar-refractivity contribution in [2.75, 3.05) is 12.1 Å². The molecule has 0 unspecified atom stereocenters. The van der Waals surface area contributed by atoms with Crippen LogP contribution in [0.2, 0.25) is 0 Å². The van der Waals surface area contributed by atoms with Crippen molar-refractivity contribution < 1.29 is 19.3 Å². The van der Waals surface area contributed by atoms with Crippen LogP contribution in [0, 0.1) is 10.1 Å². The summed E-state index contributed by atoms with van der Waals surface area (Å²) >= 11 is 0. The highest BCUT2D eigenvalue weighted by molar-refractivity contribution is 5.93. The molecule has 11 nitrogen and oxygen atoms in total. The Kier molecular flexibility index (Phi) is 5.05. The van der Waals surface area contributed by atoms with Gasteiger partial charge in [-0.2, -0.15) is 0 Å². The van der Waals surface area contributed by atoms with Crippen molar-refractivity contribution in [3.8, 4) is 0 Å². The van der Waals surface area contributed by atoms with E-state index in [0.29, 0.717) is 0 Å². The SMILES string of the molecule is CCC(=O)NOCc1c(N2NNN(C)C2=O)cccc1[N+](=O)[O-]. The summed E-state index contributed by atoms with van der Waals surface area (Å²) in [5.74, 6) is -0.359. The van der Waals surface area contributed by atoms with Crippen molar-refractivity contribution in [3.05, 3.63) is 33.9 Å². The number of nitro benzene ring substituents is 1. The lowest BCUT2D eigenvalue weighted by atomic mass is 10.1. The third kappa shape index (κ3) is 3.53. The molecular formula is C12H16N6O5. The second kappa shape index (κ2) is 7.00. The van der Waals surface area contributed by atoms with Gasteiger partial charge in [-0.15, -0.1) is 11.1 Å². The number of hydrogen-bond donors (Lipinski definition) is 3. The molecule has 11 heteroatoms. The minimum absolute atomic E-state index is 0.145. The van der Waals surface area contributed by atoms with Gasteiger partial charge < -0.3 is 0 Å². The van der Waals surface area contributed by atoms with E-state index in [2.05, 4.69) is 16.5 Å².